The smallest absolute Gasteiger partial charge is 0.335 e. The number of aromatic hydroxyl groups is 1. The van der Waals surface area contributed by atoms with Crippen LogP contribution in [0.1, 0.15) is 26.3 Å². The van der Waals surface area contributed by atoms with Crippen LogP contribution in [0.15, 0.2) is 40.9 Å². The number of halogens is 1. The second-order valence-corrected chi connectivity index (χ2v) is 5.37. The van der Waals surface area contributed by atoms with Gasteiger partial charge in [0, 0.05) is 10.0 Å². The summed E-state index contributed by atoms with van der Waals surface area (Å²) in [5.74, 6) is -1.75. The lowest BCUT2D eigenvalue weighted by molar-refractivity contribution is 0.0696. The molecule has 21 heavy (non-hydrogen) atoms. The van der Waals surface area contributed by atoms with Crippen LogP contribution in [0.2, 0.25) is 0 Å². The van der Waals surface area contributed by atoms with Gasteiger partial charge < -0.3 is 15.5 Å². The average Bonchev–Trinajstić information content (AvgIpc) is 2.43. The second kappa shape index (κ2) is 5.97. The van der Waals surface area contributed by atoms with E-state index in [1.54, 1.807) is 19.1 Å². The number of rotatable bonds is 3. The number of carbonyl (C=O) groups is 2. The van der Waals surface area contributed by atoms with E-state index in [1.165, 1.54) is 18.2 Å². The Kier molecular flexibility index (Phi) is 4.28. The molecule has 0 fully saturated rings. The number of anilines is 1. The molecule has 0 spiro atoms. The fourth-order valence-corrected chi connectivity index (χ4v) is 2.16. The summed E-state index contributed by atoms with van der Waals surface area (Å²) in [5.41, 5.74) is 1.24. The van der Waals surface area contributed by atoms with Gasteiger partial charge in [0.05, 0.1) is 11.3 Å². The molecule has 0 atom stereocenters. The highest BCUT2D eigenvalue weighted by Gasteiger charge is 2.14. The van der Waals surface area contributed by atoms with Gasteiger partial charge in [-0.25, -0.2) is 4.79 Å². The molecule has 0 saturated heterocycles. The summed E-state index contributed by atoms with van der Waals surface area (Å²) in [5, 5.41) is 21.2. The molecule has 1 amide bonds. The monoisotopic (exact) mass is 349 g/mol. The van der Waals surface area contributed by atoms with E-state index in [0.717, 1.165) is 10.0 Å². The van der Waals surface area contributed by atoms with Gasteiger partial charge in [-0.2, -0.15) is 0 Å². The first-order valence-corrected chi connectivity index (χ1v) is 6.81. The molecule has 2 aromatic rings. The number of nitrogens with one attached hydrogen (secondary N) is 1. The van der Waals surface area contributed by atoms with Crippen molar-refractivity contribution in [1.82, 2.24) is 0 Å². The van der Waals surface area contributed by atoms with Crippen molar-refractivity contribution >= 4 is 33.5 Å². The summed E-state index contributed by atoms with van der Waals surface area (Å²) in [6, 6.07) is 8.96. The first-order valence-electron chi connectivity index (χ1n) is 6.02. The number of carboxylic acid groups (broad SMARTS) is 1. The fraction of sp³-hybridized carbons (Fsp3) is 0.0667. The predicted molar refractivity (Wildman–Crippen MR) is 81.9 cm³/mol. The number of phenols is 1. The zero-order valence-electron chi connectivity index (χ0n) is 11.1. The molecule has 2 rings (SSSR count). The minimum atomic E-state index is -1.14. The molecule has 0 radical (unpaired) electrons. The van der Waals surface area contributed by atoms with Crippen LogP contribution >= 0.6 is 15.9 Å². The topological polar surface area (TPSA) is 86.6 Å². The molecule has 0 unspecified atom stereocenters. The number of aromatic carboxylic acids is 1. The van der Waals surface area contributed by atoms with Crippen molar-refractivity contribution in [1.29, 1.82) is 0 Å². The Morgan fingerprint density at radius 2 is 1.86 bits per heavy atom. The molecule has 2 aromatic carbocycles. The highest BCUT2D eigenvalue weighted by atomic mass is 79.9. The van der Waals surface area contributed by atoms with E-state index in [1.807, 2.05) is 6.07 Å². The van der Waals surface area contributed by atoms with Crippen molar-refractivity contribution in [2.24, 2.45) is 0 Å². The van der Waals surface area contributed by atoms with Crippen molar-refractivity contribution in [2.45, 2.75) is 6.92 Å². The number of carbonyl (C=O) groups excluding carboxylic acids is 1. The van der Waals surface area contributed by atoms with Crippen molar-refractivity contribution < 1.29 is 19.8 Å². The Morgan fingerprint density at radius 1 is 1.14 bits per heavy atom. The van der Waals surface area contributed by atoms with Crippen LogP contribution in [-0.2, 0) is 0 Å². The van der Waals surface area contributed by atoms with Gasteiger partial charge in [0.1, 0.15) is 5.75 Å². The number of hydrogen-bond donors (Lipinski definition) is 3. The molecule has 0 aliphatic carbocycles. The molecule has 0 aliphatic rings. The number of aryl methyl sites for hydroxylation is 1. The number of phenolic OH excluding ortho intramolecular Hbond substituents is 1. The highest BCUT2D eigenvalue weighted by molar-refractivity contribution is 9.10. The molecule has 108 valence electrons. The van der Waals surface area contributed by atoms with E-state index in [9.17, 15) is 14.7 Å². The van der Waals surface area contributed by atoms with Crippen LogP contribution in [0.3, 0.4) is 0 Å². The summed E-state index contributed by atoms with van der Waals surface area (Å²) in [7, 11) is 0. The van der Waals surface area contributed by atoms with Crippen LogP contribution in [0, 0.1) is 6.92 Å². The number of amides is 1. The molecule has 0 bridgehead atoms. The quantitative estimate of drug-likeness (QED) is 0.741. The Balaban J connectivity index is 2.33. The fourth-order valence-electron chi connectivity index (χ4n) is 1.80. The maximum Gasteiger partial charge on any atom is 0.335 e. The Bertz CT molecular complexity index is 728. The highest BCUT2D eigenvalue weighted by Crippen LogP contribution is 2.26. The van der Waals surface area contributed by atoms with Crippen molar-refractivity contribution in [3.8, 4) is 5.75 Å². The lowest BCUT2D eigenvalue weighted by Gasteiger charge is -2.10. The molecule has 3 N–H and O–H groups in total. The third kappa shape index (κ3) is 3.41. The van der Waals surface area contributed by atoms with Gasteiger partial charge in [-0.3, -0.25) is 4.79 Å². The minimum Gasteiger partial charge on any atom is -0.506 e. The zero-order chi connectivity index (χ0) is 15.6. The van der Waals surface area contributed by atoms with Crippen LogP contribution in [0.4, 0.5) is 5.69 Å². The first-order chi connectivity index (χ1) is 9.88. The van der Waals surface area contributed by atoms with Crippen molar-refractivity contribution in [3.63, 3.8) is 0 Å². The van der Waals surface area contributed by atoms with Gasteiger partial charge in [-0.05, 0) is 42.8 Å². The molecule has 6 heteroatoms. The van der Waals surface area contributed by atoms with E-state index in [4.69, 9.17) is 5.11 Å². The van der Waals surface area contributed by atoms with Gasteiger partial charge >= 0.3 is 5.97 Å². The normalized spacial score (nSPS) is 10.2. The molecule has 0 aromatic heterocycles. The maximum atomic E-state index is 12.2. The molecular formula is C15H12BrNO4. The van der Waals surface area contributed by atoms with E-state index in [2.05, 4.69) is 21.2 Å². The van der Waals surface area contributed by atoms with Crippen LogP contribution in [-0.4, -0.2) is 22.1 Å². The standard InChI is InChI=1S/C15H12BrNO4/c1-8-2-4-10(16)7-11(8)14(19)17-12-6-9(15(20)21)3-5-13(12)18/h2-7,18H,1H3,(H,17,19)(H,20,21). The first kappa shape index (κ1) is 15.1. The lowest BCUT2D eigenvalue weighted by atomic mass is 10.1. The minimum absolute atomic E-state index is 0.0194. The Labute approximate surface area is 129 Å². The number of hydrogen-bond acceptors (Lipinski definition) is 3. The molecule has 0 saturated carbocycles. The summed E-state index contributed by atoms with van der Waals surface area (Å²) in [6.07, 6.45) is 0. The van der Waals surface area contributed by atoms with E-state index >= 15 is 0 Å². The third-order valence-electron chi connectivity index (χ3n) is 2.94. The van der Waals surface area contributed by atoms with Crippen LogP contribution < -0.4 is 5.32 Å². The summed E-state index contributed by atoms with van der Waals surface area (Å²) >= 11 is 3.29. The van der Waals surface area contributed by atoms with Gasteiger partial charge in [0.15, 0.2) is 0 Å². The summed E-state index contributed by atoms with van der Waals surface area (Å²) in [6.45, 7) is 1.79. The Morgan fingerprint density at radius 3 is 2.52 bits per heavy atom. The SMILES string of the molecule is Cc1ccc(Br)cc1C(=O)Nc1cc(C(=O)O)ccc1O. The third-order valence-corrected chi connectivity index (χ3v) is 3.43. The molecule has 5 nitrogen and oxygen atoms in total. The van der Waals surface area contributed by atoms with Crippen LogP contribution in [0.5, 0.6) is 5.75 Å². The van der Waals surface area contributed by atoms with Gasteiger partial charge in [-0.15, -0.1) is 0 Å². The summed E-state index contributed by atoms with van der Waals surface area (Å²) < 4.78 is 0.752. The number of benzene rings is 2. The van der Waals surface area contributed by atoms with E-state index < -0.39 is 11.9 Å². The van der Waals surface area contributed by atoms with Gasteiger partial charge in [-0.1, -0.05) is 22.0 Å². The second-order valence-electron chi connectivity index (χ2n) is 4.45. The van der Waals surface area contributed by atoms with Crippen LogP contribution in [0.25, 0.3) is 0 Å². The van der Waals surface area contributed by atoms with E-state index in [-0.39, 0.29) is 17.0 Å². The van der Waals surface area contributed by atoms with E-state index in [0.29, 0.717) is 5.56 Å². The number of carboxylic acids is 1. The molecular weight excluding hydrogens is 338 g/mol. The maximum absolute atomic E-state index is 12.2. The van der Waals surface area contributed by atoms with Gasteiger partial charge in [0.25, 0.3) is 5.91 Å². The largest absolute Gasteiger partial charge is 0.506 e. The predicted octanol–water partition coefficient (Wildman–Crippen LogP) is 3.41. The summed E-state index contributed by atoms with van der Waals surface area (Å²) in [4.78, 5) is 23.1. The Hall–Kier alpha value is -2.34. The van der Waals surface area contributed by atoms with Crippen molar-refractivity contribution in [2.75, 3.05) is 5.32 Å². The molecule has 0 heterocycles. The zero-order valence-corrected chi connectivity index (χ0v) is 12.6. The lowest BCUT2D eigenvalue weighted by Crippen LogP contribution is -2.14. The average molecular weight is 350 g/mol. The molecule has 0 aliphatic heterocycles. The van der Waals surface area contributed by atoms with Crippen molar-refractivity contribution in [3.05, 3.63) is 57.6 Å². The van der Waals surface area contributed by atoms with Gasteiger partial charge in [0.2, 0.25) is 0 Å².